The van der Waals surface area contributed by atoms with Crippen LogP contribution in [0.15, 0.2) is 28.8 Å². The Bertz CT molecular complexity index is 707. The predicted molar refractivity (Wildman–Crippen MR) is 70.8 cm³/mol. The first-order valence-corrected chi connectivity index (χ1v) is 5.90. The number of rotatable bonds is 2. The summed E-state index contributed by atoms with van der Waals surface area (Å²) in [6.07, 6.45) is 0. The number of carbonyl (C=O) groups excluding carboxylic acids is 1. The number of nitrogens with one attached hydrogen (secondary N) is 1. The number of hydrogen-bond donors (Lipinski definition) is 2. The molecule has 1 aliphatic rings. The van der Waals surface area contributed by atoms with Gasteiger partial charge in [0.1, 0.15) is 5.69 Å². The monoisotopic (exact) mass is 273 g/mol. The number of carbonyl (C=O) groups is 2. The topological polar surface area (TPSA) is 95.7 Å². The molecule has 0 bridgehead atoms. The summed E-state index contributed by atoms with van der Waals surface area (Å²) >= 11 is 0. The zero-order valence-corrected chi connectivity index (χ0v) is 10.6. The van der Waals surface area contributed by atoms with Gasteiger partial charge in [-0.05, 0) is 12.1 Å². The maximum absolute atomic E-state index is 11.4. The normalized spacial score (nSPS) is 13.8. The van der Waals surface area contributed by atoms with Gasteiger partial charge >= 0.3 is 5.97 Å². The van der Waals surface area contributed by atoms with E-state index in [2.05, 4.69) is 10.5 Å². The summed E-state index contributed by atoms with van der Waals surface area (Å²) in [7, 11) is 1.81. The lowest BCUT2D eigenvalue weighted by Crippen LogP contribution is -2.35. The number of aromatic carboxylic acids is 1. The SMILES string of the molecule is CN1CC(=O)Nc2ccc(-c3cc(C(=O)O)on3)cc21. The van der Waals surface area contributed by atoms with Gasteiger partial charge in [-0.1, -0.05) is 11.2 Å². The van der Waals surface area contributed by atoms with E-state index >= 15 is 0 Å². The number of anilines is 2. The second-order valence-corrected chi connectivity index (χ2v) is 4.52. The van der Waals surface area contributed by atoms with Gasteiger partial charge in [-0.15, -0.1) is 0 Å². The van der Waals surface area contributed by atoms with Crippen LogP contribution in [0.4, 0.5) is 11.4 Å². The fourth-order valence-corrected chi connectivity index (χ4v) is 2.11. The molecule has 2 N–H and O–H groups in total. The van der Waals surface area contributed by atoms with Crippen molar-refractivity contribution < 1.29 is 19.2 Å². The van der Waals surface area contributed by atoms with Crippen molar-refractivity contribution in [1.82, 2.24) is 5.16 Å². The van der Waals surface area contributed by atoms with E-state index in [-0.39, 0.29) is 18.2 Å². The number of amides is 1. The third kappa shape index (κ3) is 1.99. The van der Waals surface area contributed by atoms with Crippen molar-refractivity contribution >= 4 is 23.3 Å². The van der Waals surface area contributed by atoms with Crippen LogP contribution in [0.3, 0.4) is 0 Å². The molecule has 2 aromatic rings. The van der Waals surface area contributed by atoms with E-state index in [1.165, 1.54) is 6.07 Å². The summed E-state index contributed by atoms with van der Waals surface area (Å²) < 4.78 is 4.74. The van der Waals surface area contributed by atoms with Crippen molar-refractivity contribution in [2.45, 2.75) is 0 Å². The third-order valence-corrected chi connectivity index (χ3v) is 3.08. The Labute approximate surface area is 113 Å². The van der Waals surface area contributed by atoms with Crippen molar-refractivity contribution in [3.8, 4) is 11.3 Å². The first-order valence-electron chi connectivity index (χ1n) is 5.90. The van der Waals surface area contributed by atoms with Gasteiger partial charge in [0.05, 0.1) is 17.9 Å². The summed E-state index contributed by atoms with van der Waals surface area (Å²) in [5.74, 6) is -1.44. The minimum atomic E-state index is -1.16. The number of benzene rings is 1. The van der Waals surface area contributed by atoms with E-state index in [4.69, 9.17) is 9.63 Å². The van der Waals surface area contributed by atoms with Crippen molar-refractivity contribution in [2.75, 3.05) is 23.8 Å². The molecule has 0 saturated carbocycles. The van der Waals surface area contributed by atoms with Crippen LogP contribution in [-0.2, 0) is 4.79 Å². The van der Waals surface area contributed by atoms with Gasteiger partial charge in [-0.3, -0.25) is 4.79 Å². The molecule has 1 aliphatic heterocycles. The number of fused-ring (bicyclic) bond motifs is 1. The Morgan fingerprint density at radius 1 is 1.45 bits per heavy atom. The number of nitrogens with zero attached hydrogens (tertiary/aromatic N) is 2. The molecule has 0 atom stereocenters. The highest BCUT2D eigenvalue weighted by molar-refractivity contribution is 6.01. The van der Waals surface area contributed by atoms with Crippen LogP contribution in [0.2, 0.25) is 0 Å². The molecule has 0 saturated heterocycles. The highest BCUT2D eigenvalue weighted by atomic mass is 16.5. The summed E-state index contributed by atoms with van der Waals surface area (Å²) in [4.78, 5) is 24.0. The quantitative estimate of drug-likeness (QED) is 0.859. The van der Waals surface area contributed by atoms with Gasteiger partial charge in [0.2, 0.25) is 11.7 Å². The molecule has 0 fully saturated rings. The van der Waals surface area contributed by atoms with Gasteiger partial charge in [0, 0.05) is 18.7 Å². The first-order chi connectivity index (χ1) is 9.54. The van der Waals surface area contributed by atoms with E-state index in [1.54, 1.807) is 12.1 Å². The summed E-state index contributed by atoms with van der Waals surface area (Å²) in [6, 6.07) is 6.71. The largest absolute Gasteiger partial charge is 0.475 e. The second kappa shape index (κ2) is 4.37. The smallest absolute Gasteiger partial charge is 0.374 e. The summed E-state index contributed by atoms with van der Waals surface area (Å²) in [6.45, 7) is 0.273. The molecule has 3 rings (SSSR count). The zero-order chi connectivity index (χ0) is 14.3. The Balaban J connectivity index is 2.01. The molecule has 20 heavy (non-hydrogen) atoms. The van der Waals surface area contributed by atoms with Gasteiger partial charge in [-0.2, -0.15) is 0 Å². The highest BCUT2D eigenvalue weighted by Crippen LogP contribution is 2.33. The molecule has 0 spiro atoms. The maximum atomic E-state index is 11.4. The van der Waals surface area contributed by atoms with E-state index in [0.717, 1.165) is 16.9 Å². The number of carboxylic acid groups (broad SMARTS) is 1. The number of hydrogen-bond acceptors (Lipinski definition) is 5. The van der Waals surface area contributed by atoms with E-state index in [9.17, 15) is 9.59 Å². The Morgan fingerprint density at radius 2 is 2.25 bits per heavy atom. The lowest BCUT2D eigenvalue weighted by atomic mass is 10.1. The highest BCUT2D eigenvalue weighted by Gasteiger charge is 2.20. The van der Waals surface area contributed by atoms with E-state index in [1.807, 2.05) is 18.0 Å². The molecule has 2 heterocycles. The lowest BCUT2D eigenvalue weighted by Gasteiger charge is -2.27. The molecule has 1 aromatic heterocycles. The average molecular weight is 273 g/mol. The van der Waals surface area contributed by atoms with Crippen LogP contribution >= 0.6 is 0 Å². The molecule has 102 valence electrons. The van der Waals surface area contributed by atoms with Crippen molar-refractivity contribution in [1.29, 1.82) is 0 Å². The van der Waals surface area contributed by atoms with Crippen molar-refractivity contribution in [3.05, 3.63) is 30.0 Å². The fourth-order valence-electron chi connectivity index (χ4n) is 2.11. The van der Waals surface area contributed by atoms with Crippen molar-refractivity contribution in [2.24, 2.45) is 0 Å². The standard InChI is InChI=1S/C13H11N3O4/c1-16-6-12(17)14-8-3-2-7(4-10(8)16)9-5-11(13(18)19)20-15-9/h2-5H,6H2,1H3,(H,14,17)(H,18,19). The third-order valence-electron chi connectivity index (χ3n) is 3.08. The molecular formula is C13H11N3O4. The van der Waals surface area contributed by atoms with Crippen LogP contribution in [0.25, 0.3) is 11.3 Å². The predicted octanol–water partition coefficient (Wildman–Crippen LogP) is 1.43. The number of carboxylic acids is 1. The van der Waals surface area contributed by atoms with Gasteiger partial charge in [-0.25, -0.2) is 4.79 Å². The van der Waals surface area contributed by atoms with Crippen LogP contribution in [0, 0.1) is 0 Å². The number of aromatic nitrogens is 1. The Hall–Kier alpha value is -2.83. The average Bonchev–Trinajstić information content (AvgIpc) is 2.88. The van der Waals surface area contributed by atoms with Gasteiger partial charge < -0.3 is 19.8 Å². The number of likely N-dealkylation sites (N-methyl/N-ethyl adjacent to an activating group) is 1. The molecule has 0 radical (unpaired) electrons. The zero-order valence-electron chi connectivity index (χ0n) is 10.6. The summed E-state index contributed by atoms with van der Waals surface area (Å²) in [5, 5.41) is 15.3. The first kappa shape index (κ1) is 12.2. The Kier molecular flexibility index (Phi) is 2.67. The van der Waals surface area contributed by atoms with Gasteiger partial charge in [0.25, 0.3) is 0 Å². The molecule has 1 aromatic carbocycles. The van der Waals surface area contributed by atoms with Crippen LogP contribution in [0.5, 0.6) is 0 Å². The van der Waals surface area contributed by atoms with E-state index < -0.39 is 5.97 Å². The fraction of sp³-hybridized carbons (Fsp3) is 0.154. The molecule has 7 nitrogen and oxygen atoms in total. The minimum Gasteiger partial charge on any atom is -0.475 e. The van der Waals surface area contributed by atoms with Crippen LogP contribution in [0.1, 0.15) is 10.6 Å². The lowest BCUT2D eigenvalue weighted by molar-refractivity contribution is -0.115. The van der Waals surface area contributed by atoms with Crippen LogP contribution < -0.4 is 10.2 Å². The van der Waals surface area contributed by atoms with E-state index in [0.29, 0.717) is 5.69 Å². The van der Waals surface area contributed by atoms with Crippen molar-refractivity contribution in [3.63, 3.8) is 0 Å². The molecule has 7 heteroatoms. The molecule has 0 unspecified atom stereocenters. The summed E-state index contributed by atoms with van der Waals surface area (Å²) in [5.41, 5.74) is 2.73. The molecular weight excluding hydrogens is 262 g/mol. The molecule has 1 amide bonds. The van der Waals surface area contributed by atoms with Crippen LogP contribution in [-0.4, -0.2) is 35.7 Å². The molecule has 0 aliphatic carbocycles. The second-order valence-electron chi connectivity index (χ2n) is 4.52. The van der Waals surface area contributed by atoms with Gasteiger partial charge in [0.15, 0.2) is 0 Å². The Morgan fingerprint density at radius 3 is 2.95 bits per heavy atom. The maximum Gasteiger partial charge on any atom is 0.374 e. The minimum absolute atomic E-state index is 0.0673.